The van der Waals surface area contributed by atoms with E-state index < -0.39 is 23.3 Å². The third-order valence-corrected chi connectivity index (χ3v) is 3.03. The van der Waals surface area contributed by atoms with Gasteiger partial charge in [0.2, 0.25) is 0 Å². The van der Waals surface area contributed by atoms with Crippen molar-refractivity contribution in [2.45, 2.75) is 97.7 Å². The lowest BCUT2D eigenvalue weighted by molar-refractivity contribution is -0.153. The van der Waals surface area contributed by atoms with E-state index in [9.17, 15) is 9.59 Å². The Morgan fingerprint density at radius 2 is 1.36 bits per heavy atom. The smallest absolute Gasteiger partial charge is 0.434 e. The van der Waals surface area contributed by atoms with Crippen molar-refractivity contribution < 1.29 is 24.2 Å². The van der Waals surface area contributed by atoms with Crippen molar-refractivity contribution in [3.05, 3.63) is 0 Å². The van der Waals surface area contributed by atoms with Gasteiger partial charge in [-0.05, 0) is 60.8 Å². The van der Waals surface area contributed by atoms with E-state index in [1.54, 1.807) is 41.5 Å². The van der Waals surface area contributed by atoms with Crippen LogP contribution in [0.15, 0.2) is 4.99 Å². The number of nitrogens with zero attached hydrogens (tertiary/aromatic N) is 1. The van der Waals surface area contributed by atoms with E-state index in [4.69, 9.17) is 14.6 Å². The Balaban J connectivity index is 4.70. The number of esters is 1. The molecule has 0 saturated heterocycles. The summed E-state index contributed by atoms with van der Waals surface area (Å²) >= 11 is 0. The molecule has 0 fully saturated rings. The number of unbranched alkanes of at least 4 members (excludes halogenated alkanes) is 4. The van der Waals surface area contributed by atoms with Gasteiger partial charge in [0.1, 0.15) is 11.2 Å². The van der Waals surface area contributed by atoms with Gasteiger partial charge in [0.15, 0.2) is 0 Å². The topological polar surface area (TPSA) is 85.2 Å². The second-order valence-corrected chi connectivity index (χ2v) is 8.16. The molecular formula is C19H35NO5. The van der Waals surface area contributed by atoms with Gasteiger partial charge in [-0.25, -0.2) is 4.79 Å². The monoisotopic (exact) mass is 357 g/mol. The molecule has 0 atom stereocenters. The van der Waals surface area contributed by atoms with E-state index in [1.165, 1.54) is 0 Å². The van der Waals surface area contributed by atoms with Gasteiger partial charge < -0.3 is 14.6 Å². The summed E-state index contributed by atoms with van der Waals surface area (Å²) in [4.78, 5) is 27.9. The van der Waals surface area contributed by atoms with Crippen LogP contribution in [0.5, 0.6) is 0 Å². The minimum atomic E-state index is -0.675. The maximum absolute atomic E-state index is 12.0. The number of amides is 1. The van der Waals surface area contributed by atoms with Crippen LogP contribution in [0.2, 0.25) is 0 Å². The Morgan fingerprint density at radius 1 is 0.840 bits per heavy atom. The van der Waals surface area contributed by atoms with E-state index >= 15 is 0 Å². The molecule has 0 unspecified atom stereocenters. The molecule has 0 bridgehead atoms. The predicted molar refractivity (Wildman–Crippen MR) is 98.9 cm³/mol. The highest BCUT2D eigenvalue weighted by atomic mass is 16.6. The second kappa shape index (κ2) is 11.2. The Morgan fingerprint density at radius 3 is 1.88 bits per heavy atom. The maximum atomic E-state index is 12.0. The molecule has 0 saturated carbocycles. The molecule has 0 aliphatic heterocycles. The zero-order chi connectivity index (χ0) is 19.5. The van der Waals surface area contributed by atoms with E-state index in [2.05, 4.69) is 4.99 Å². The van der Waals surface area contributed by atoms with Crippen LogP contribution in [0, 0.1) is 0 Å². The van der Waals surface area contributed by atoms with Crippen molar-refractivity contribution in [3.63, 3.8) is 0 Å². The standard InChI is InChI=1S/C19H35NO5/c1-18(2,3)24-16(22)14-15(12-10-8-7-9-11-13-21)20-17(23)25-19(4,5)6/h21H,7-14H2,1-6H3. The number of carbonyl (C=O) groups is 2. The molecule has 146 valence electrons. The van der Waals surface area contributed by atoms with E-state index in [0.717, 1.165) is 32.1 Å². The van der Waals surface area contributed by atoms with Gasteiger partial charge in [-0.15, -0.1) is 0 Å². The van der Waals surface area contributed by atoms with Crippen LogP contribution in [0.1, 0.15) is 86.5 Å². The molecule has 0 aromatic carbocycles. The first-order valence-corrected chi connectivity index (χ1v) is 9.05. The largest absolute Gasteiger partial charge is 0.460 e. The molecule has 6 heteroatoms. The summed E-state index contributed by atoms with van der Waals surface area (Å²) in [6.07, 6.45) is 4.44. The molecule has 0 rings (SSSR count). The van der Waals surface area contributed by atoms with Crippen LogP contribution in [-0.2, 0) is 14.3 Å². The summed E-state index contributed by atoms with van der Waals surface area (Å²) in [5.74, 6) is -0.393. The first-order chi connectivity index (χ1) is 11.4. The summed E-state index contributed by atoms with van der Waals surface area (Å²) in [7, 11) is 0. The minimum absolute atomic E-state index is 0.00679. The average Bonchev–Trinajstić information content (AvgIpc) is 2.37. The first-order valence-electron chi connectivity index (χ1n) is 9.05. The predicted octanol–water partition coefficient (Wildman–Crippen LogP) is 4.43. The molecule has 0 aromatic rings. The lowest BCUT2D eigenvalue weighted by Gasteiger charge is -2.20. The number of ether oxygens (including phenoxy) is 2. The lowest BCUT2D eigenvalue weighted by Crippen LogP contribution is -2.26. The van der Waals surface area contributed by atoms with Crippen molar-refractivity contribution in [1.82, 2.24) is 0 Å². The molecule has 0 aliphatic carbocycles. The molecule has 0 radical (unpaired) electrons. The molecule has 0 heterocycles. The number of hydrogen-bond acceptors (Lipinski definition) is 5. The molecule has 25 heavy (non-hydrogen) atoms. The zero-order valence-corrected chi connectivity index (χ0v) is 16.7. The normalized spacial score (nSPS) is 12.8. The SMILES string of the molecule is CC(C)(C)OC(=O)CC(CCCCCCCO)=NC(=O)OC(C)(C)C. The van der Waals surface area contributed by atoms with Gasteiger partial charge in [0.05, 0.1) is 6.42 Å². The highest BCUT2D eigenvalue weighted by Crippen LogP contribution is 2.14. The van der Waals surface area contributed by atoms with Crippen LogP contribution in [-0.4, -0.2) is 40.7 Å². The van der Waals surface area contributed by atoms with Crippen molar-refractivity contribution in [3.8, 4) is 0 Å². The fourth-order valence-corrected chi connectivity index (χ4v) is 2.11. The molecular weight excluding hydrogens is 322 g/mol. The Hall–Kier alpha value is -1.43. The number of hydrogen-bond donors (Lipinski definition) is 1. The third kappa shape index (κ3) is 15.8. The van der Waals surface area contributed by atoms with Crippen LogP contribution in [0.25, 0.3) is 0 Å². The summed E-state index contributed by atoms with van der Waals surface area (Å²) in [6, 6.07) is 0. The van der Waals surface area contributed by atoms with Crippen LogP contribution < -0.4 is 0 Å². The second-order valence-electron chi connectivity index (χ2n) is 8.16. The molecule has 1 N–H and O–H groups in total. The summed E-state index contributed by atoms with van der Waals surface area (Å²) in [5.41, 5.74) is -0.703. The third-order valence-electron chi connectivity index (χ3n) is 3.03. The summed E-state index contributed by atoms with van der Waals surface area (Å²) in [5, 5.41) is 8.77. The van der Waals surface area contributed by atoms with Gasteiger partial charge >= 0.3 is 12.1 Å². The lowest BCUT2D eigenvalue weighted by atomic mass is 10.1. The number of carbonyl (C=O) groups excluding carboxylic acids is 2. The van der Waals surface area contributed by atoms with Crippen molar-refractivity contribution in [1.29, 1.82) is 0 Å². The number of aliphatic hydroxyl groups excluding tert-OH is 1. The Kier molecular flexibility index (Phi) is 10.6. The van der Waals surface area contributed by atoms with Crippen LogP contribution >= 0.6 is 0 Å². The highest BCUT2D eigenvalue weighted by Gasteiger charge is 2.20. The molecule has 0 aliphatic rings. The van der Waals surface area contributed by atoms with E-state index in [0.29, 0.717) is 12.1 Å². The average molecular weight is 357 g/mol. The van der Waals surface area contributed by atoms with E-state index in [-0.39, 0.29) is 13.0 Å². The fraction of sp³-hybridized carbons (Fsp3) is 0.842. The fourth-order valence-electron chi connectivity index (χ4n) is 2.11. The quantitative estimate of drug-likeness (QED) is 0.375. The van der Waals surface area contributed by atoms with Crippen LogP contribution in [0.4, 0.5) is 4.79 Å². The number of aliphatic imine (C=N–C) groups is 1. The van der Waals surface area contributed by atoms with Crippen molar-refractivity contribution in [2.75, 3.05) is 6.61 Å². The molecule has 1 amide bonds. The maximum Gasteiger partial charge on any atom is 0.434 e. The number of rotatable bonds is 9. The Labute approximate surface area is 152 Å². The van der Waals surface area contributed by atoms with Gasteiger partial charge in [-0.2, -0.15) is 4.99 Å². The summed E-state index contributed by atoms with van der Waals surface area (Å²) in [6.45, 7) is 10.9. The molecule has 0 spiro atoms. The Bertz CT molecular complexity index is 444. The first kappa shape index (κ1) is 23.6. The van der Waals surface area contributed by atoms with Crippen molar-refractivity contribution >= 4 is 17.8 Å². The van der Waals surface area contributed by atoms with Crippen LogP contribution in [0.3, 0.4) is 0 Å². The van der Waals surface area contributed by atoms with Crippen molar-refractivity contribution in [2.24, 2.45) is 4.99 Å². The molecule has 0 aromatic heterocycles. The van der Waals surface area contributed by atoms with Gasteiger partial charge in [0.25, 0.3) is 0 Å². The highest BCUT2D eigenvalue weighted by molar-refractivity contribution is 6.03. The van der Waals surface area contributed by atoms with E-state index in [1.807, 2.05) is 0 Å². The van der Waals surface area contributed by atoms with Gasteiger partial charge in [-0.3, -0.25) is 4.79 Å². The van der Waals surface area contributed by atoms with Gasteiger partial charge in [0, 0.05) is 12.3 Å². The summed E-state index contributed by atoms with van der Waals surface area (Å²) < 4.78 is 10.5. The zero-order valence-electron chi connectivity index (χ0n) is 16.7. The van der Waals surface area contributed by atoms with Gasteiger partial charge in [-0.1, -0.05) is 19.3 Å². The molecule has 6 nitrogen and oxygen atoms in total. The minimum Gasteiger partial charge on any atom is -0.460 e. The number of aliphatic hydroxyl groups is 1.